The third-order valence-electron chi connectivity index (χ3n) is 2.51. The molecule has 5 heteroatoms. The fraction of sp³-hybridized carbons (Fsp3) is 0.286. The minimum Gasteiger partial charge on any atom is -0.477 e. The highest BCUT2D eigenvalue weighted by Crippen LogP contribution is 2.23. The molecular weight excluding hydrogens is 244 g/mol. The first-order chi connectivity index (χ1) is 9.09. The Morgan fingerprint density at radius 3 is 2.63 bits per heavy atom. The van der Waals surface area contributed by atoms with E-state index in [1.807, 2.05) is 44.2 Å². The van der Waals surface area contributed by atoms with Gasteiger partial charge in [0, 0.05) is 0 Å². The SMILES string of the molecule is CC(C)COc1c(C(=O)O)cnn1-c1ccccc1. The Bertz CT molecular complexity index is 561. The van der Waals surface area contributed by atoms with E-state index in [1.165, 1.54) is 10.9 Å². The minimum atomic E-state index is -1.04. The lowest BCUT2D eigenvalue weighted by Gasteiger charge is -2.11. The molecular formula is C14H16N2O3. The first kappa shape index (κ1) is 13.1. The fourth-order valence-corrected chi connectivity index (χ4v) is 1.62. The second-order valence-corrected chi connectivity index (χ2v) is 4.62. The highest BCUT2D eigenvalue weighted by Gasteiger charge is 2.19. The Kier molecular flexibility index (Phi) is 3.85. The molecule has 1 heterocycles. The van der Waals surface area contributed by atoms with Crippen molar-refractivity contribution in [3.63, 3.8) is 0 Å². The van der Waals surface area contributed by atoms with Crippen LogP contribution in [-0.2, 0) is 0 Å². The number of carbonyl (C=O) groups is 1. The third kappa shape index (κ3) is 2.93. The molecule has 1 aromatic heterocycles. The zero-order valence-electron chi connectivity index (χ0n) is 10.9. The monoisotopic (exact) mass is 260 g/mol. The summed E-state index contributed by atoms with van der Waals surface area (Å²) in [4.78, 5) is 11.2. The molecule has 0 aliphatic carbocycles. The van der Waals surface area contributed by atoms with Crippen LogP contribution in [0.15, 0.2) is 36.5 Å². The summed E-state index contributed by atoms with van der Waals surface area (Å²) in [5.41, 5.74) is 0.846. The zero-order valence-corrected chi connectivity index (χ0v) is 10.9. The summed E-state index contributed by atoms with van der Waals surface area (Å²) in [5, 5.41) is 13.3. The maximum absolute atomic E-state index is 11.2. The highest BCUT2D eigenvalue weighted by atomic mass is 16.5. The standard InChI is InChI=1S/C14H16N2O3/c1-10(2)9-19-13-12(14(17)18)8-15-16(13)11-6-4-3-5-7-11/h3-8,10H,9H2,1-2H3,(H,17,18). The summed E-state index contributed by atoms with van der Waals surface area (Å²) < 4.78 is 7.11. The molecule has 0 saturated heterocycles. The van der Waals surface area contributed by atoms with Gasteiger partial charge in [0.15, 0.2) is 0 Å². The van der Waals surface area contributed by atoms with Gasteiger partial charge in [-0.2, -0.15) is 5.10 Å². The van der Waals surface area contributed by atoms with Crippen LogP contribution in [0.3, 0.4) is 0 Å². The summed E-state index contributed by atoms with van der Waals surface area (Å²) >= 11 is 0. The summed E-state index contributed by atoms with van der Waals surface area (Å²) in [7, 11) is 0. The van der Waals surface area contributed by atoms with Gasteiger partial charge in [0.1, 0.15) is 5.56 Å². The molecule has 0 bridgehead atoms. The van der Waals surface area contributed by atoms with E-state index in [-0.39, 0.29) is 11.4 Å². The first-order valence-corrected chi connectivity index (χ1v) is 6.09. The van der Waals surface area contributed by atoms with Crippen molar-refractivity contribution in [2.24, 2.45) is 5.92 Å². The van der Waals surface area contributed by atoms with Crippen LogP contribution in [0, 0.1) is 5.92 Å². The van der Waals surface area contributed by atoms with Crippen molar-refractivity contribution in [1.82, 2.24) is 9.78 Å². The number of carboxylic acid groups (broad SMARTS) is 1. The largest absolute Gasteiger partial charge is 0.477 e. The molecule has 100 valence electrons. The zero-order chi connectivity index (χ0) is 13.8. The lowest BCUT2D eigenvalue weighted by molar-refractivity contribution is 0.0691. The van der Waals surface area contributed by atoms with Crippen LogP contribution in [0.2, 0.25) is 0 Å². The molecule has 0 aliphatic heterocycles. The van der Waals surface area contributed by atoms with Crippen molar-refractivity contribution < 1.29 is 14.6 Å². The van der Waals surface area contributed by atoms with Crippen LogP contribution in [0.1, 0.15) is 24.2 Å². The number of benzene rings is 1. The molecule has 0 unspecified atom stereocenters. The van der Waals surface area contributed by atoms with Crippen molar-refractivity contribution in [3.05, 3.63) is 42.1 Å². The van der Waals surface area contributed by atoms with E-state index < -0.39 is 5.97 Å². The quantitative estimate of drug-likeness (QED) is 0.897. The minimum absolute atomic E-state index is 0.0736. The van der Waals surface area contributed by atoms with Crippen LogP contribution in [0.4, 0.5) is 0 Å². The summed E-state index contributed by atoms with van der Waals surface area (Å²) in [6.45, 7) is 4.45. The van der Waals surface area contributed by atoms with E-state index in [1.54, 1.807) is 0 Å². The van der Waals surface area contributed by atoms with Gasteiger partial charge in [-0.3, -0.25) is 0 Å². The molecule has 0 saturated carbocycles. The van der Waals surface area contributed by atoms with Crippen molar-refractivity contribution in [3.8, 4) is 11.6 Å². The number of ether oxygens (including phenoxy) is 1. The molecule has 0 atom stereocenters. The fourth-order valence-electron chi connectivity index (χ4n) is 1.62. The lowest BCUT2D eigenvalue weighted by atomic mass is 10.2. The second-order valence-electron chi connectivity index (χ2n) is 4.62. The van der Waals surface area contributed by atoms with Gasteiger partial charge in [0.05, 0.1) is 18.5 Å². The molecule has 0 fully saturated rings. The Labute approximate surface area is 111 Å². The van der Waals surface area contributed by atoms with Gasteiger partial charge in [-0.15, -0.1) is 0 Å². The summed E-state index contributed by atoms with van der Waals surface area (Å²) in [6.07, 6.45) is 1.31. The molecule has 0 spiro atoms. The van der Waals surface area contributed by atoms with Gasteiger partial charge in [0.2, 0.25) is 5.88 Å². The number of para-hydroxylation sites is 1. The second kappa shape index (κ2) is 5.56. The Morgan fingerprint density at radius 2 is 2.05 bits per heavy atom. The van der Waals surface area contributed by atoms with Crippen LogP contribution < -0.4 is 4.74 Å². The maximum Gasteiger partial charge on any atom is 0.342 e. The number of nitrogens with zero attached hydrogens (tertiary/aromatic N) is 2. The van der Waals surface area contributed by atoms with E-state index in [0.717, 1.165) is 5.69 Å². The first-order valence-electron chi connectivity index (χ1n) is 6.09. The molecule has 5 nitrogen and oxygen atoms in total. The molecule has 1 aromatic carbocycles. The van der Waals surface area contributed by atoms with Gasteiger partial charge in [-0.05, 0) is 18.1 Å². The van der Waals surface area contributed by atoms with Crippen LogP contribution in [-0.4, -0.2) is 27.5 Å². The van der Waals surface area contributed by atoms with Crippen molar-refractivity contribution in [1.29, 1.82) is 0 Å². The number of aromatic carboxylic acids is 1. The predicted molar refractivity (Wildman–Crippen MR) is 70.9 cm³/mol. The van der Waals surface area contributed by atoms with Crippen LogP contribution >= 0.6 is 0 Å². The Balaban J connectivity index is 2.41. The van der Waals surface area contributed by atoms with Gasteiger partial charge >= 0.3 is 5.97 Å². The molecule has 2 rings (SSSR count). The van der Waals surface area contributed by atoms with Crippen LogP contribution in [0.25, 0.3) is 5.69 Å². The highest BCUT2D eigenvalue weighted by molar-refractivity contribution is 5.90. The smallest absolute Gasteiger partial charge is 0.342 e. The number of rotatable bonds is 5. The van der Waals surface area contributed by atoms with E-state index in [9.17, 15) is 4.79 Å². The van der Waals surface area contributed by atoms with Crippen molar-refractivity contribution >= 4 is 5.97 Å². The van der Waals surface area contributed by atoms with E-state index in [4.69, 9.17) is 9.84 Å². The predicted octanol–water partition coefficient (Wildman–Crippen LogP) is 2.61. The number of aromatic nitrogens is 2. The topological polar surface area (TPSA) is 64.3 Å². The lowest BCUT2D eigenvalue weighted by Crippen LogP contribution is -2.11. The average molecular weight is 260 g/mol. The number of carboxylic acids is 1. The van der Waals surface area contributed by atoms with Gasteiger partial charge in [-0.25, -0.2) is 9.48 Å². The molecule has 19 heavy (non-hydrogen) atoms. The van der Waals surface area contributed by atoms with E-state index in [0.29, 0.717) is 12.5 Å². The Hall–Kier alpha value is -2.30. The average Bonchev–Trinajstić information content (AvgIpc) is 2.81. The summed E-state index contributed by atoms with van der Waals surface area (Å²) in [5.74, 6) is -0.464. The van der Waals surface area contributed by atoms with Gasteiger partial charge in [-0.1, -0.05) is 32.0 Å². The molecule has 1 N–H and O–H groups in total. The normalized spacial score (nSPS) is 10.7. The number of hydrogen-bond acceptors (Lipinski definition) is 3. The molecule has 0 radical (unpaired) electrons. The van der Waals surface area contributed by atoms with E-state index >= 15 is 0 Å². The summed E-state index contributed by atoms with van der Waals surface area (Å²) in [6, 6.07) is 9.31. The third-order valence-corrected chi connectivity index (χ3v) is 2.51. The van der Waals surface area contributed by atoms with Crippen LogP contribution in [0.5, 0.6) is 5.88 Å². The van der Waals surface area contributed by atoms with Crippen molar-refractivity contribution in [2.45, 2.75) is 13.8 Å². The van der Waals surface area contributed by atoms with Crippen molar-refractivity contribution in [2.75, 3.05) is 6.61 Å². The van der Waals surface area contributed by atoms with E-state index in [2.05, 4.69) is 5.10 Å². The molecule has 0 aliphatic rings. The number of hydrogen-bond donors (Lipinski definition) is 1. The molecule has 2 aromatic rings. The molecule has 0 amide bonds. The maximum atomic E-state index is 11.2. The van der Waals surface area contributed by atoms with Gasteiger partial charge in [0.25, 0.3) is 0 Å². The van der Waals surface area contributed by atoms with Gasteiger partial charge < -0.3 is 9.84 Å². The Morgan fingerprint density at radius 1 is 1.37 bits per heavy atom.